The molecule has 1 aromatic heterocycles. The van der Waals surface area contributed by atoms with Crippen LogP contribution in [-0.2, 0) is 0 Å². The monoisotopic (exact) mass is 369 g/mol. The van der Waals surface area contributed by atoms with E-state index in [-0.39, 0.29) is 6.04 Å². The molecule has 0 saturated heterocycles. The van der Waals surface area contributed by atoms with Crippen molar-refractivity contribution in [2.75, 3.05) is 20.8 Å². The van der Waals surface area contributed by atoms with Crippen molar-refractivity contribution in [1.29, 1.82) is 0 Å². The summed E-state index contributed by atoms with van der Waals surface area (Å²) in [5, 5.41) is 7.86. The van der Waals surface area contributed by atoms with Gasteiger partial charge in [-0.25, -0.2) is 0 Å². The minimum Gasteiger partial charge on any atom is -0.493 e. The Kier molecular flexibility index (Phi) is 6.08. The second-order valence-corrected chi connectivity index (χ2v) is 6.24. The first-order valence-corrected chi connectivity index (χ1v) is 8.62. The first kappa shape index (κ1) is 16.3. The Morgan fingerprint density at radius 1 is 1.19 bits per heavy atom. The fraction of sp³-hybridized carbons (Fsp3) is 0.375. The van der Waals surface area contributed by atoms with E-state index in [9.17, 15) is 0 Å². The van der Waals surface area contributed by atoms with Gasteiger partial charge >= 0.3 is 0 Å². The predicted molar refractivity (Wildman–Crippen MR) is 91.7 cm³/mol. The summed E-state index contributed by atoms with van der Waals surface area (Å²) in [4.78, 5) is 0. The van der Waals surface area contributed by atoms with E-state index < -0.39 is 0 Å². The smallest absolute Gasteiger partial charge is 0.165 e. The molecule has 0 aliphatic rings. The molecule has 1 atom stereocenters. The molecule has 0 saturated carbocycles. The maximum Gasteiger partial charge on any atom is 0.165 e. The van der Waals surface area contributed by atoms with E-state index >= 15 is 0 Å². The van der Waals surface area contributed by atoms with Crippen molar-refractivity contribution in [1.82, 2.24) is 5.32 Å². The van der Waals surface area contributed by atoms with E-state index in [0.717, 1.165) is 34.5 Å². The lowest BCUT2D eigenvalue weighted by Gasteiger charge is -2.22. The third kappa shape index (κ3) is 3.59. The molecule has 1 aromatic carbocycles. The second-order valence-electron chi connectivity index (χ2n) is 4.64. The number of thiophene rings is 1. The van der Waals surface area contributed by atoms with Crippen LogP contribution < -0.4 is 14.8 Å². The van der Waals surface area contributed by atoms with Crippen molar-refractivity contribution < 1.29 is 9.47 Å². The third-order valence-corrected chi connectivity index (χ3v) is 5.05. The zero-order valence-corrected chi connectivity index (χ0v) is 14.9. The number of methoxy groups -OCH3 is 2. The highest BCUT2D eigenvalue weighted by molar-refractivity contribution is 9.10. The predicted octanol–water partition coefficient (Wildman–Crippen LogP) is 4.62. The summed E-state index contributed by atoms with van der Waals surface area (Å²) in [6, 6.07) is 6.08. The summed E-state index contributed by atoms with van der Waals surface area (Å²) < 4.78 is 12.1. The lowest BCUT2D eigenvalue weighted by molar-refractivity contribution is 0.348. The van der Waals surface area contributed by atoms with Crippen LogP contribution in [0.15, 0.2) is 33.4 Å². The van der Waals surface area contributed by atoms with Crippen molar-refractivity contribution in [2.45, 2.75) is 19.4 Å². The van der Waals surface area contributed by atoms with Gasteiger partial charge in [0.05, 0.1) is 20.3 Å². The Balaban J connectivity index is 2.49. The van der Waals surface area contributed by atoms with Gasteiger partial charge in [-0.1, -0.05) is 19.1 Å². The van der Waals surface area contributed by atoms with E-state index in [2.05, 4.69) is 45.0 Å². The highest BCUT2D eigenvalue weighted by Gasteiger charge is 2.22. The summed E-state index contributed by atoms with van der Waals surface area (Å²) >= 11 is 5.32. The molecule has 1 N–H and O–H groups in total. The van der Waals surface area contributed by atoms with E-state index in [4.69, 9.17) is 9.47 Å². The molecule has 1 heterocycles. The first-order chi connectivity index (χ1) is 10.2. The number of ether oxygens (including phenoxy) is 2. The van der Waals surface area contributed by atoms with Crippen molar-refractivity contribution in [3.63, 3.8) is 0 Å². The summed E-state index contributed by atoms with van der Waals surface area (Å²) in [6.45, 7) is 3.10. The van der Waals surface area contributed by atoms with Crippen LogP contribution in [0.5, 0.6) is 11.5 Å². The molecule has 0 aliphatic carbocycles. The Bertz CT molecular complexity index is 585. The lowest BCUT2D eigenvalue weighted by atomic mass is 9.99. The molecule has 0 amide bonds. The molecule has 114 valence electrons. The third-order valence-electron chi connectivity index (χ3n) is 3.30. The molecule has 5 heteroatoms. The van der Waals surface area contributed by atoms with Crippen molar-refractivity contribution >= 4 is 27.3 Å². The maximum absolute atomic E-state index is 5.59. The minimum absolute atomic E-state index is 0.0793. The van der Waals surface area contributed by atoms with Gasteiger partial charge in [-0.3, -0.25) is 0 Å². The van der Waals surface area contributed by atoms with E-state index in [1.807, 2.05) is 12.1 Å². The van der Waals surface area contributed by atoms with Gasteiger partial charge in [-0.15, -0.1) is 0 Å². The van der Waals surface area contributed by atoms with Crippen LogP contribution in [-0.4, -0.2) is 20.8 Å². The second kappa shape index (κ2) is 7.82. The fourth-order valence-electron chi connectivity index (χ4n) is 2.31. The zero-order chi connectivity index (χ0) is 15.2. The van der Waals surface area contributed by atoms with Crippen molar-refractivity contribution in [2.24, 2.45) is 0 Å². The van der Waals surface area contributed by atoms with Gasteiger partial charge in [0.1, 0.15) is 0 Å². The Hall–Kier alpha value is -1.04. The average molecular weight is 370 g/mol. The van der Waals surface area contributed by atoms with Gasteiger partial charge in [-0.2, -0.15) is 11.3 Å². The molecular formula is C16H20BrNO2S. The summed E-state index contributed by atoms with van der Waals surface area (Å²) in [5.41, 5.74) is 2.31. The van der Waals surface area contributed by atoms with Crippen LogP contribution >= 0.6 is 27.3 Å². The van der Waals surface area contributed by atoms with Crippen molar-refractivity contribution in [3.05, 3.63) is 44.6 Å². The van der Waals surface area contributed by atoms with E-state index in [1.54, 1.807) is 25.6 Å². The Morgan fingerprint density at radius 3 is 2.57 bits per heavy atom. The van der Waals surface area contributed by atoms with E-state index in [0.29, 0.717) is 0 Å². The fourth-order valence-corrected chi connectivity index (χ4v) is 3.86. The average Bonchev–Trinajstić information content (AvgIpc) is 2.93. The number of para-hydroxylation sites is 1. The van der Waals surface area contributed by atoms with Gasteiger partial charge in [0.25, 0.3) is 0 Å². The molecule has 0 spiro atoms. The first-order valence-electron chi connectivity index (χ1n) is 6.88. The molecule has 21 heavy (non-hydrogen) atoms. The van der Waals surface area contributed by atoms with Gasteiger partial charge in [0.15, 0.2) is 11.5 Å². The number of benzene rings is 1. The summed E-state index contributed by atoms with van der Waals surface area (Å²) in [7, 11) is 3.34. The highest BCUT2D eigenvalue weighted by atomic mass is 79.9. The Labute approximate surface area is 138 Å². The minimum atomic E-state index is 0.0793. The highest BCUT2D eigenvalue weighted by Crippen LogP contribution is 2.39. The van der Waals surface area contributed by atoms with Crippen LogP contribution in [0.2, 0.25) is 0 Å². The van der Waals surface area contributed by atoms with Crippen LogP contribution in [0.1, 0.15) is 30.5 Å². The molecule has 0 radical (unpaired) electrons. The van der Waals surface area contributed by atoms with Crippen LogP contribution in [0.3, 0.4) is 0 Å². The summed E-state index contributed by atoms with van der Waals surface area (Å²) in [5.74, 6) is 1.54. The SMILES string of the molecule is CCCNC(c1cscc1Br)c1cccc(OC)c1OC. The molecule has 3 nitrogen and oxygen atoms in total. The normalized spacial score (nSPS) is 12.2. The quantitative estimate of drug-likeness (QED) is 0.772. The Morgan fingerprint density at radius 2 is 2.00 bits per heavy atom. The van der Waals surface area contributed by atoms with Crippen molar-refractivity contribution in [3.8, 4) is 11.5 Å². The molecule has 0 aliphatic heterocycles. The van der Waals surface area contributed by atoms with Crippen LogP contribution in [0.25, 0.3) is 0 Å². The molecule has 2 aromatic rings. The number of hydrogen-bond acceptors (Lipinski definition) is 4. The maximum atomic E-state index is 5.59. The molecule has 0 fully saturated rings. The number of hydrogen-bond donors (Lipinski definition) is 1. The van der Waals surface area contributed by atoms with Crippen LogP contribution in [0, 0.1) is 0 Å². The van der Waals surface area contributed by atoms with Crippen LogP contribution in [0.4, 0.5) is 0 Å². The topological polar surface area (TPSA) is 30.5 Å². The molecular weight excluding hydrogens is 350 g/mol. The summed E-state index contributed by atoms with van der Waals surface area (Å²) in [6.07, 6.45) is 1.07. The molecule has 0 bridgehead atoms. The standard InChI is InChI=1S/C16H20BrNO2S/c1-4-8-18-15(12-9-21-10-13(12)17)11-6-5-7-14(19-2)16(11)20-3/h5-7,9-10,15,18H,4,8H2,1-3H3. The van der Waals surface area contributed by atoms with E-state index in [1.165, 1.54) is 5.56 Å². The lowest BCUT2D eigenvalue weighted by Crippen LogP contribution is -2.23. The molecule has 1 unspecified atom stereocenters. The number of halogens is 1. The number of nitrogens with one attached hydrogen (secondary N) is 1. The largest absolute Gasteiger partial charge is 0.493 e. The van der Waals surface area contributed by atoms with Gasteiger partial charge in [0.2, 0.25) is 0 Å². The number of rotatable bonds is 7. The van der Waals surface area contributed by atoms with Gasteiger partial charge < -0.3 is 14.8 Å². The zero-order valence-electron chi connectivity index (χ0n) is 12.5. The van der Waals surface area contributed by atoms with Gasteiger partial charge in [-0.05, 0) is 45.9 Å². The molecule has 2 rings (SSSR count). The van der Waals surface area contributed by atoms with Gasteiger partial charge in [0, 0.05) is 15.4 Å².